The Morgan fingerprint density at radius 3 is 2.28 bits per heavy atom. The number of thioether (sulfide) groups is 1. The normalized spacial score (nSPS) is 15.7. The van der Waals surface area contributed by atoms with Gasteiger partial charge in [0.05, 0.1) is 34.5 Å². The van der Waals surface area contributed by atoms with E-state index in [1.54, 1.807) is 11.0 Å². The first kappa shape index (κ1) is 25.9. The molecule has 0 saturated carbocycles. The van der Waals surface area contributed by atoms with Crippen LogP contribution in [0.15, 0.2) is 70.6 Å². The van der Waals surface area contributed by atoms with Gasteiger partial charge in [0.15, 0.2) is 16.7 Å². The minimum absolute atomic E-state index is 0.143. The van der Waals surface area contributed by atoms with Crippen LogP contribution < -0.4 is 14.4 Å². The van der Waals surface area contributed by atoms with E-state index in [4.69, 9.17) is 26.1 Å². The van der Waals surface area contributed by atoms with Crippen LogP contribution in [0.3, 0.4) is 0 Å². The predicted octanol–water partition coefficient (Wildman–Crippen LogP) is 7.95. The van der Waals surface area contributed by atoms with Gasteiger partial charge in [-0.3, -0.25) is 9.69 Å². The van der Waals surface area contributed by atoms with Crippen molar-refractivity contribution in [1.29, 1.82) is 0 Å². The first-order valence-corrected chi connectivity index (χ1v) is 13.1. The number of ether oxygens (including phenoxy) is 2. The van der Waals surface area contributed by atoms with E-state index in [0.717, 1.165) is 34.5 Å². The molecule has 5 nitrogen and oxygen atoms in total. The van der Waals surface area contributed by atoms with Gasteiger partial charge in [0.2, 0.25) is 0 Å². The molecule has 0 radical (unpaired) electrons. The molecule has 0 atom stereocenters. The van der Waals surface area contributed by atoms with Gasteiger partial charge in [-0.25, -0.2) is 4.99 Å². The van der Waals surface area contributed by atoms with Crippen molar-refractivity contribution in [2.24, 2.45) is 4.99 Å². The number of hydrogen-bond acceptors (Lipinski definition) is 5. The Kier molecular flexibility index (Phi) is 8.39. The third-order valence-corrected chi connectivity index (χ3v) is 6.69. The second-order valence-corrected chi connectivity index (χ2v) is 9.84. The van der Waals surface area contributed by atoms with Crippen molar-refractivity contribution in [1.82, 2.24) is 0 Å². The molecule has 36 heavy (non-hydrogen) atoms. The lowest BCUT2D eigenvalue weighted by atomic mass is 10.1. The van der Waals surface area contributed by atoms with E-state index in [2.05, 4.69) is 0 Å². The average molecular weight is 521 g/mol. The molecule has 1 aliphatic rings. The minimum atomic E-state index is -0.143. The summed E-state index contributed by atoms with van der Waals surface area (Å²) in [6, 6.07) is 19.4. The van der Waals surface area contributed by atoms with Gasteiger partial charge in [0.25, 0.3) is 5.91 Å². The summed E-state index contributed by atoms with van der Waals surface area (Å²) in [5, 5.41) is 1.04. The van der Waals surface area contributed by atoms with Gasteiger partial charge >= 0.3 is 0 Å². The summed E-state index contributed by atoms with van der Waals surface area (Å²) in [7, 11) is 0. The first-order chi connectivity index (χ1) is 17.4. The summed E-state index contributed by atoms with van der Waals surface area (Å²) in [6.45, 7) is 9.01. The van der Waals surface area contributed by atoms with Crippen molar-refractivity contribution in [2.45, 2.75) is 34.1 Å². The number of amides is 1. The number of aliphatic imine (C=N–C) groups is 1. The molecule has 1 amide bonds. The fraction of sp³-hybridized carbons (Fsp3) is 0.241. The average Bonchev–Trinajstić information content (AvgIpc) is 3.15. The van der Waals surface area contributed by atoms with Gasteiger partial charge < -0.3 is 9.47 Å². The summed E-state index contributed by atoms with van der Waals surface area (Å²) in [6.07, 6.45) is 2.68. The lowest BCUT2D eigenvalue weighted by molar-refractivity contribution is -0.113. The van der Waals surface area contributed by atoms with Crippen LogP contribution in [0.5, 0.6) is 11.5 Å². The van der Waals surface area contributed by atoms with E-state index in [1.807, 2.05) is 88.4 Å². The Morgan fingerprint density at radius 2 is 1.64 bits per heavy atom. The lowest BCUT2D eigenvalue weighted by Gasteiger charge is -2.16. The van der Waals surface area contributed by atoms with Gasteiger partial charge in [0.1, 0.15) is 0 Å². The molecule has 0 N–H and O–H groups in total. The molecule has 4 rings (SSSR count). The van der Waals surface area contributed by atoms with Gasteiger partial charge in [-0.2, -0.15) is 0 Å². The number of carbonyl (C=O) groups excluding carboxylic acids is 1. The quantitative estimate of drug-likeness (QED) is 0.283. The number of benzene rings is 3. The largest absolute Gasteiger partial charge is 0.490 e. The summed E-state index contributed by atoms with van der Waals surface area (Å²) in [4.78, 5) is 20.6. The van der Waals surface area contributed by atoms with E-state index in [-0.39, 0.29) is 5.91 Å². The third kappa shape index (κ3) is 5.94. The Bertz CT molecular complexity index is 1300. The lowest BCUT2D eigenvalue weighted by Crippen LogP contribution is -2.28. The molecule has 0 unspecified atom stereocenters. The fourth-order valence-electron chi connectivity index (χ4n) is 3.63. The number of anilines is 1. The molecule has 1 saturated heterocycles. The van der Waals surface area contributed by atoms with Crippen molar-refractivity contribution >= 4 is 51.9 Å². The molecule has 186 valence electrons. The van der Waals surface area contributed by atoms with Crippen LogP contribution in [0.4, 0.5) is 11.4 Å². The maximum atomic E-state index is 13.6. The Hall–Kier alpha value is -3.22. The van der Waals surface area contributed by atoms with E-state index in [0.29, 0.717) is 39.8 Å². The summed E-state index contributed by atoms with van der Waals surface area (Å²) in [5.74, 6) is 0.940. The summed E-state index contributed by atoms with van der Waals surface area (Å²) in [5.41, 5.74) is 4.58. The highest BCUT2D eigenvalue weighted by Crippen LogP contribution is 2.41. The highest BCUT2D eigenvalue weighted by atomic mass is 35.5. The molecule has 0 spiro atoms. The predicted molar refractivity (Wildman–Crippen MR) is 151 cm³/mol. The molecule has 0 aromatic heterocycles. The van der Waals surface area contributed by atoms with Crippen LogP contribution >= 0.6 is 23.4 Å². The van der Waals surface area contributed by atoms with Crippen LogP contribution in [0.25, 0.3) is 6.08 Å². The second kappa shape index (κ2) is 11.7. The molecule has 7 heteroatoms. The van der Waals surface area contributed by atoms with Crippen LogP contribution in [0.1, 0.15) is 37.0 Å². The van der Waals surface area contributed by atoms with Gasteiger partial charge in [0, 0.05) is 0 Å². The van der Waals surface area contributed by atoms with E-state index < -0.39 is 0 Å². The van der Waals surface area contributed by atoms with Crippen LogP contribution in [-0.2, 0) is 4.79 Å². The smallest absolute Gasteiger partial charge is 0.271 e. The van der Waals surface area contributed by atoms with E-state index in [9.17, 15) is 4.79 Å². The molecule has 1 aliphatic heterocycles. The van der Waals surface area contributed by atoms with Crippen LogP contribution in [0, 0.1) is 13.8 Å². The van der Waals surface area contributed by atoms with Gasteiger partial charge in [-0.15, -0.1) is 0 Å². The summed E-state index contributed by atoms with van der Waals surface area (Å²) < 4.78 is 11.6. The molecule has 3 aromatic carbocycles. The highest BCUT2D eigenvalue weighted by Gasteiger charge is 2.35. The molecule has 1 heterocycles. The Balaban J connectivity index is 1.75. The molecule has 0 aliphatic carbocycles. The molecule has 3 aromatic rings. The van der Waals surface area contributed by atoms with Crippen molar-refractivity contribution in [3.63, 3.8) is 0 Å². The van der Waals surface area contributed by atoms with Crippen LogP contribution in [-0.4, -0.2) is 24.3 Å². The molecule has 1 fully saturated rings. The second-order valence-electron chi connectivity index (χ2n) is 8.43. The molecular weight excluding hydrogens is 492 g/mol. The topological polar surface area (TPSA) is 51.1 Å². The standard InChI is InChI=1S/C29H29ClN2O3S/c1-5-15-35-27-24(30)16-21(17-25(27)34-6-2)18-26-28(33)32(23-13-9-20(4)10-14-23)29(36-26)31-22-11-7-19(3)8-12-22/h7-14,16-18H,5-6,15H2,1-4H3/b26-18-,31-29?. The zero-order valence-corrected chi connectivity index (χ0v) is 22.4. The van der Waals surface area contributed by atoms with Gasteiger partial charge in [-0.05, 0) is 87.0 Å². The number of carbonyl (C=O) groups is 1. The molecular formula is C29H29ClN2O3S. The number of aryl methyl sites for hydroxylation is 2. The van der Waals surface area contributed by atoms with Crippen molar-refractivity contribution in [3.8, 4) is 11.5 Å². The Labute approximate surface area is 221 Å². The first-order valence-electron chi connectivity index (χ1n) is 11.9. The van der Waals surface area contributed by atoms with E-state index >= 15 is 0 Å². The van der Waals surface area contributed by atoms with Crippen molar-refractivity contribution in [3.05, 3.63) is 87.3 Å². The third-order valence-electron chi connectivity index (χ3n) is 5.44. The minimum Gasteiger partial charge on any atom is -0.490 e. The number of amidine groups is 1. The number of rotatable bonds is 8. The fourth-order valence-corrected chi connectivity index (χ4v) is 4.90. The van der Waals surface area contributed by atoms with Gasteiger partial charge in [-0.1, -0.05) is 53.9 Å². The molecule has 0 bridgehead atoms. The zero-order valence-electron chi connectivity index (χ0n) is 20.9. The number of hydrogen-bond donors (Lipinski definition) is 0. The van der Waals surface area contributed by atoms with Crippen molar-refractivity contribution in [2.75, 3.05) is 18.1 Å². The zero-order chi connectivity index (χ0) is 25.7. The highest BCUT2D eigenvalue weighted by molar-refractivity contribution is 8.19. The summed E-state index contributed by atoms with van der Waals surface area (Å²) >= 11 is 7.89. The SMILES string of the molecule is CCCOc1c(Cl)cc(/C=C2\SC(=Nc3ccc(C)cc3)N(c3ccc(C)cc3)C2=O)cc1OCC. The Morgan fingerprint density at radius 1 is 0.972 bits per heavy atom. The van der Waals surface area contributed by atoms with Crippen LogP contribution in [0.2, 0.25) is 5.02 Å². The monoisotopic (exact) mass is 520 g/mol. The maximum Gasteiger partial charge on any atom is 0.271 e. The maximum absolute atomic E-state index is 13.6. The number of halogens is 1. The van der Waals surface area contributed by atoms with Crippen molar-refractivity contribution < 1.29 is 14.3 Å². The van der Waals surface area contributed by atoms with E-state index in [1.165, 1.54) is 11.8 Å². The number of nitrogens with zero attached hydrogens (tertiary/aromatic N) is 2.